The van der Waals surface area contributed by atoms with Gasteiger partial charge in [-0.25, -0.2) is 4.98 Å². The van der Waals surface area contributed by atoms with E-state index < -0.39 is 0 Å². The highest BCUT2D eigenvalue weighted by atomic mass is 79.9. The van der Waals surface area contributed by atoms with Gasteiger partial charge in [-0.05, 0) is 48.2 Å². The quantitative estimate of drug-likeness (QED) is 0.597. The Labute approximate surface area is 164 Å². The summed E-state index contributed by atoms with van der Waals surface area (Å²) in [7, 11) is 3.88. The number of benzene rings is 1. The molecule has 1 aromatic carbocycles. The van der Waals surface area contributed by atoms with E-state index in [2.05, 4.69) is 84.5 Å². The molecular weight excluding hydrogens is 390 g/mol. The highest BCUT2D eigenvalue weighted by Crippen LogP contribution is 2.18. The fourth-order valence-corrected chi connectivity index (χ4v) is 3.46. The van der Waals surface area contributed by atoms with E-state index >= 15 is 0 Å². The smallest absolute Gasteiger partial charge is 0.193 e. The Morgan fingerprint density at radius 2 is 1.92 bits per heavy atom. The van der Waals surface area contributed by atoms with E-state index in [1.54, 1.807) is 0 Å². The summed E-state index contributed by atoms with van der Waals surface area (Å²) in [6.45, 7) is 3.77. The SMILES string of the molecule is CN=C(NCc1ccnc(N2CCCC2)c1)N(C)Cc1ccc(Br)cc1. The largest absolute Gasteiger partial charge is 0.357 e. The molecule has 1 aliphatic rings. The van der Waals surface area contributed by atoms with Crippen LogP contribution >= 0.6 is 15.9 Å². The number of rotatable bonds is 5. The number of aromatic nitrogens is 1. The first-order valence-corrected chi connectivity index (χ1v) is 9.81. The van der Waals surface area contributed by atoms with Crippen LogP contribution < -0.4 is 10.2 Å². The topological polar surface area (TPSA) is 43.8 Å². The van der Waals surface area contributed by atoms with Crippen molar-refractivity contribution in [2.75, 3.05) is 32.1 Å². The number of halogens is 1. The molecule has 1 fully saturated rings. The van der Waals surface area contributed by atoms with Gasteiger partial charge in [0.2, 0.25) is 0 Å². The van der Waals surface area contributed by atoms with Crippen LogP contribution in [0, 0.1) is 0 Å². The lowest BCUT2D eigenvalue weighted by Gasteiger charge is -2.22. The van der Waals surface area contributed by atoms with Gasteiger partial charge in [0.15, 0.2) is 5.96 Å². The van der Waals surface area contributed by atoms with Crippen LogP contribution in [-0.2, 0) is 13.1 Å². The molecule has 0 spiro atoms. The molecule has 3 rings (SSSR count). The molecule has 5 nitrogen and oxygen atoms in total. The Morgan fingerprint density at radius 3 is 2.62 bits per heavy atom. The van der Waals surface area contributed by atoms with Gasteiger partial charge in [0.25, 0.3) is 0 Å². The third-order valence-corrected chi connectivity index (χ3v) is 5.13. The minimum atomic E-state index is 0.737. The molecule has 1 N–H and O–H groups in total. The maximum Gasteiger partial charge on any atom is 0.193 e. The summed E-state index contributed by atoms with van der Waals surface area (Å²) in [6.07, 6.45) is 4.42. The average molecular weight is 416 g/mol. The standard InChI is InChI=1S/C20H26BrN5/c1-22-20(25(2)15-16-5-7-18(21)8-6-16)24-14-17-9-10-23-19(13-17)26-11-3-4-12-26/h5-10,13H,3-4,11-12,14-15H2,1-2H3,(H,22,24). The van der Waals surface area contributed by atoms with Gasteiger partial charge in [-0.15, -0.1) is 0 Å². The van der Waals surface area contributed by atoms with Crippen LogP contribution in [-0.4, -0.2) is 43.0 Å². The van der Waals surface area contributed by atoms with Crippen LogP contribution in [0.5, 0.6) is 0 Å². The number of hydrogen-bond acceptors (Lipinski definition) is 3. The van der Waals surface area contributed by atoms with E-state index in [0.717, 1.165) is 42.4 Å². The molecule has 2 aromatic rings. The van der Waals surface area contributed by atoms with Crippen molar-refractivity contribution in [3.8, 4) is 0 Å². The van der Waals surface area contributed by atoms with Crippen molar-refractivity contribution in [1.29, 1.82) is 0 Å². The summed E-state index contributed by atoms with van der Waals surface area (Å²) in [5.74, 6) is 1.97. The van der Waals surface area contributed by atoms with Crippen molar-refractivity contribution in [1.82, 2.24) is 15.2 Å². The zero-order chi connectivity index (χ0) is 18.4. The second-order valence-electron chi connectivity index (χ2n) is 6.60. The Kier molecular flexibility index (Phi) is 6.50. The highest BCUT2D eigenvalue weighted by Gasteiger charge is 2.14. The zero-order valence-electron chi connectivity index (χ0n) is 15.5. The first kappa shape index (κ1) is 18.7. The van der Waals surface area contributed by atoms with Gasteiger partial charge in [-0.2, -0.15) is 0 Å². The molecule has 0 saturated carbocycles. The van der Waals surface area contributed by atoms with E-state index in [1.807, 2.05) is 13.2 Å². The van der Waals surface area contributed by atoms with Crippen LogP contribution in [0.3, 0.4) is 0 Å². The molecule has 1 saturated heterocycles. The Balaban J connectivity index is 1.58. The summed E-state index contributed by atoms with van der Waals surface area (Å²) in [4.78, 5) is 13.4. The summed E-state index contributed by atoms with van der Waals surface area (Å²) in [5.41, 5.74) is 2.47. The maximum absolute atomic E-state index is 4.52. The monoisotopic (exact) mass is 415 g/mol. The molecule has 0 unspecified atom stereocenters. The second-order valence-corrected chi connectivity index (χ2v) is 7.52. The van der Waals surface area contributed by atoms with Crippen molar-refractivity contribution in [3.05, 3.63) is 58.2 Å². The molecule has 6 heteroatoms. The fourth-order valence-electron chi connectivity index (χ4n) is 3.19. The lowest BCUT2D eigenvalue weighted by Crippen LogP contribution is -2.38. The predicted octanol–water partition coefficient (Wildman–Crippen LogP) is 3.65. The van der Waals surface area contributed by atoms with E-state index in [4.69, 9.17) is 0 Å². The van der Waals surface area contributed by atoms with Crippen LogP contribution in [0.4, 0.5) is 5.82 Å². The van der Waals surface area contributed by atoms with E-state index in [0.29, 0.717) is 0 Å². The van der Waals surface area contributed by atoms with Crippen molar-refractivity contribution in [3.63, 3.8) is 0 Å². The fraction of sp³-hybridized carbons (Fsp3) is 0.400. The van der Waals surface area contributed by atoms with Crippen LogP contribution in [0.2, 0.25) is 0 Å². The molecule has 1 aliphatic heterocycles. The van der Waals surface area contributed by atoms with Gasteiger partial charge in [-0.3, -0.25) is 4.99 Å². The van der Waals surface area contributed by atoms with Gasteiger partial charge >= 0.3 is 0 Å². The van der Waals surface area contributed by atoms with Crippen molar-refractivity contribution in [2.45, 2.75) is 25.9 Å². The van der Waals surface area contributed by atoms with Crippen LogP contribution in [0.25, 0.3) is 0 Å². The van der Waals surface area contributed by atoms with Crippen molar-refractivity contribution in [2.24, 2.45) is 4.99 Å². The molecule has 0 aliphatic carbocycles. The van der Waals surface area contributed by atoms with Gasteiger partial charge in [-0.1, -0.05) is 28.1 Å². The van der Waals surface area contributed by atoms with Crippen molar-refractivity contribution < 1.29 is 0 Å². The van der Waals surface area contributed by atoms with Gasteiger partial charge in [0.1, 0.15) is 5.82 Å². The number of guanidine groups is 1. The number of nitrogens with zero attached hydrogens (tertiary/aromatic N) is 4. The zero-order valence-corrected chi connectivity index (χ0v) is 17.0. The normalized spacial score (nSPS) is 14.6. The number of pyridine rings is 1. The lowest BCUT2D eigenvalue weighted by atomic mass is 10.2. The van der Waals surface area contributed by atoms with Crippen LogP contribution in [0.1, 0.15) is 24.0 Å². The number of aliphatic imine (C=N–C) groups is 1. The third kappa shape index (κ3) is 4.97. The molecule has 0 amide bonds. The first-order chi connectivity index (χ1) is 12.7. The minimum Gasteiger partial charge on any atom is -0.357 e. The summed E-state index contributed by atoms with van der Waals surface area (Å²) in [5, 5.41) is 3.46. The molecule has 0 radical (unpaired) electrons. The van der Waals surface area contributed by atoms with Crippen LogP contribution in [0.15, 0.2) is 52.1 Å². The summed E-state index contributed by atoms with van der Waals surface area (Å²) in [6, 6.07) is 12.6. The second kappa shape index (κ2) is 9.03. The Morgan fingerprint density at radius 1 is 1.19 bits per heavy atom. The van der Waals surface area contributed by atoms with E-state index in [9.17, 15) is 0 Å². The number of hydrogen-bond donors (Lipinski definition) is 1. The molecule has 26 heavy (non-hydrogen) atoms. The summed E-state index contributed by atoms with van der Waals surface area (Å²) >= 11 is 3.48. The summed E-state index contributed by atoms with van der Waals surface area (Å²) < 4.78 is 1.10. The molecule has 0 bridgehead atoms. The molecule has 0 atom stereocenters. The predicted molar refractivity (Wildman–Crippen MR) is 111 cm³/mol. The maximum atomic E-state index is 4.52. The molecule has 138 valence electrons. The Hall–Kier alpha value is -2.08. The molecule has 2 heterocycles. The van der Waals surface area contributed by atoms with Gasteiger partial charge in [0, 0.05) is 50.9 Å². The van der Waals surface area contributed by atoms with E-state index in [1.165, 1.54) is 24.0 Å². The highest BCUT2D eigenvalue weighted by molar-refractivity contribution is 9.10. The van der Waals surface area contributed by atoms with Crippen molar-refractivity contribution >= 4 is 27.7 Å². The lowest BCUT2D eigenvalue weighted by molar-refractivity contribution is 0.476. The number of anilines is 1. The molecule has 1 aromatic heterocycles. The molecular formula is C20H26BrN5. The Bertz CT molecular complexity index is 738. The average Bonchev–Trinajstić information content (AvgIpc) is 3.19. The van der Waals surface area contributed by atoms with Gasteiger partial charge < -0.3 is 15.1 Å². The minimum absolute atomic E-state index is 0.737. The first-order valence-electron chi connectivity index (χ1n) is 9.02. The number of nitrogens with one attached hydrogen (secondary N) is 1. The van der Waals surface area contributed by atoms with E-state index in [-0.39, 0.29) is 0 Å². The van der Waals surface area contributed by atoms with Gasteiger partial charge in [0.05, 0.1) is 0 Å². The third-order valence-electron chi connectivity index (χ3n) is 4.60.